The number of halogens is 4. The highest BCUT2D eigenvalue weighted by atomic mass is 35.5. The number of likely N-dealkylation sites (tertiary alicyclic amines) is 1. The van der Waals surface area contributed by atoms with E-state index in [-0.39, 0.29) is 30.9 Å². The molecule has 5 rings (SSSR count). The SMILES string of the molecule is O=C(NCCCOC(=O)C(F)(F)F)C1=Cc2c(ncnc2Nc2ccc(OC3CCN(C(=O)C4CCCC4)CC3)c(Cl)c2)NCC1. The first-order chi connectivity index (χ1) is 22.1. The van der Waals surface area contributed by atoms with E-state index in [4.69, 9.17) is 16.3 Å². The Bertz CT molecular complexity index is 1460. The van der Waals surface area contributed by atoms with Gasteiger partial charge in [-0.2, -0.15) is 13.2 Å². The van der Waals surface area contributed by atoms with Crippen LogP contribution in [0, 0.1) is 5.92 Å². The second-order valence-electron chi connectivity index (χ2n) is 11.5. The summed E-state index contributed by atoms with van der Waals surface area (Å²) in [7, 11) is 0. The Balaban J connectivity index is 1.16. The summed E-state index contributed by atoms with van der Waals surface area (Å²) in [6, 6.07) is 5.30. The van der Waals surface area contributed by atoms with Gasteiger partial charge in [0, 0.05) is 56.2 Å². The summed E-state index contributed by atoms with van der Waals surface area (Å²) in [6.45, 7) is 1.31. The van der Waals surface area contributed by atoms with Crippen molar-refractivity contribution in [2.75, 3.05) is 43.4 Å². The minimum Gasteiger partial charge on any atom is -0.489 e. The molecule has 11 nitrogen and oxygen atoms in total. The van der Waals surface area contributed by atoms with Crippen molar-refractivity contribution < 1.29 is 37.0 Å². The molecule has 0 spiro atoms. The van der Waals surface area contributed by atoms with E-state index in [1.54, 1.807) is 18.2 Å². The molecule has 1 saturated heterocycles. The van der Waals surface area contributed by atoms with Crippen molar-refractivity contribution in [3.05, 3.63) is 40.7 Å². The van der Waals surface area contributed by atoms with E-state index in [2.05, 4.69) is 30.7 Å². The third kappa shape index (κ3) is 8.59. The van der Waals surface area contributed by atoms with E-state index in [1.165, 1.54) is 6.33 Å². The van der Waals surface area contributed by atoms with E-state index < -0.39 is 24.7 Å². The lowest BCUT2D eigenvalue weighted by atomic mass is 10.0. The molecule has 0 bridgehead atoms. The number of amides is 2. The quantitative estimate of drug-likeness (QED) is 0.230. The van der Waals surface area contributed by atoms with Crippen LogP contribution in [0.15, 0.2) is 30.1 Å². The van der Waals surface area contributed by atoms with Crippen LogP contribution in [0.5, 0.6) is 5.75 Å². The van der Waals surface area contributed by atoms with Crippen LogP contribution in [0.25, 0.3) is 6.08 Å². The minimum atomic E-state index is -5.06. The highest BCUT2D eigenvalue weighted by Gasteiger charge is 2.40. The summed E-state index contributed by atoms with van der Waals surface area (Å²) in [6.07, 6.45) is 4.04. The first-order valence-electron chi connectivity index (χ1n) is 15.4. The molecule has 2 aromatic rings. The van der Waals surface area contributed by atoms with Crippen molar-refractivity contribution in [2.24, 2.45) is 5.92 Å². The smallest absolute Gasteiger partial charge is 0.489 e. The lowest BCUT2D eigenvalue weighted by Gasteiger charge is -2.33. The predicted octanol–water partition coefficient (Wildman–Crippen LogP) is 5.24. The fourth-order valence-corrected chi connectivity index (χ4v) is 5.99. The molecule has 1 aromatic heterocycles. The first kappa shape index (κ1) is 33.3. The Morgan fingerprint density at radius 3 is 2.57 bits per heavy atom. The number of carbonyl (C=O) groups excluding carboxylic acids is 3. The number of anilines is 3. The van der Waals surface area contributed by atoms with Gasteiger partial charge in [-0.1, -0.05) is 24.4 Å². The second kappa shape index (κ2) is 15.0. The van der Waals surface area contributed by atoms with Crippen molar-refractivity contribution in [3.8, 4) is 5.75 Å². The van der Waals surface area contributed by atoms with Gasteiger partial charge >= 0.3 is 12.1 Å². The van der Waals surface area contributed by atoms with Crippen LogP contribution in [0.4, 0.5) is 30.5 Å². The molecule has 3 N–H and O–H groups in total. The number of nitrogens with zero attached hydrogens (tertiary/aromatic N) is 3. The summed E-state index contributed by atoms with van der Waals surface area (Å²) >= 11 is 6.60. The number of benzene rings is 1. The Morgan fingerprint density at radius 1 is 1.09 bits per heavy atom. The van der Waals surface area contributed by atoms with Crippen molar-refractivity contribution in [2.45, 2.75) is 63.6 Å². The van der Waals surface area contributed by atoms with Gasteiger partial charge < -0.3 is 30.3 Å². The van der Waals surface area contributed by atoms with Gasteiger partial charge in [0.15, 0.2) is 0 Å². The van der Waals surface area contributed by atoms with Crippen LogP contribution in [0.1, 0.15) is 56.9 Å². The number of fused-ring (bicyclic) bond motifs is 1. The highest BCUT2D eigenvalue weighted by molar-refractivity contribution is 6.32. The molecule has 3 heterocycles. The second-order valence-corrected chi connectivity index (χ2v) is 11.9. The molecule has 2 fully saturated rings. The molecule has 1 aromatic carbocycles. The summed E-state index contributed by atoms with van der Waals surface area (Å²) in [5, 5.41) is 9.45. The summed E-state index contributed by atoms with van der Waals surface area (Å²) in [4.78, 5) is 47.0. The molecular formula is C31H36ClF3N6O5. The van der Waals surface area contributed by atoms with Gasteiger partial charge in [0.2, 0.25) is 11.8 Å². The van der Waals surface area contributed by atoms with Gasteiger partial charge in [-0.25, -0.2) is 14.8 Å². The Hall–Kier alpha value is -4.07. The third-order valence-corrected chi connectivity index (χ3v) is 8.49. The van der Waals surface area contributed by atoms with E-state index >= 15 is 0 Å². The molecule has 1 aliphatic carbocycles. The maximum atomic E-state index is 12.8. The van der Waals surface area contributed by atoms with Crippen LogP contribution in [0.2, 0.25) is 5.02 Å². The Labute approximate surface area is 269 Å². The molecule has 2 amide bonds. The van der Waals surface area contributed by atoms with Gasteiger partial charge in [0.25, 0.3) is 0 Å². The zero-order valence-electron chi connectivity index (χ0n) is 25.1. The van der Waals surface area contributed by atoms with Crippen LogP contribution < -0.4 is 20.7 Å². The topological polar surface area (TPSA) is 135 Å². The van der Waals surface area contributed by atoms with E-state index in [9.17, 15) is 27.6 Å². The minimum absolute atomic E-state index is 0.0165. The Kier molecular flexibility index (Phi) is 10.9. The van der Waals surface area contributed by atoms with Crippen molar-refractivity contribution in [3.63, 3.8) is 0 Å². The molecule has 0 radical (unpaired) electrons. The molecule has 0 unspecified atom stereocenters. The molecule has 248 valence electrons. The summed E-state index contributed by atoms with van der Waals surface area (Å²) in [5.41, 5.74) is 1.58. The van der Waals surface area contributed by atoms with E-state index in [1.807, 2.05) is 11.0 Å². The largest absolute Gasteiger partial charge is 0.490 e. The van der Waals surface area contributed by atoms with Gasteiger partial charge in [0.05, 0.1) is 17.2 Å². The van der Waals surface area contributed by atoms with Crippen LogP contribution in [-0.4, -0.2) is 77.7 Å². The van der Waals surface area contributed by atoms with E-state index in [0.717, 1.165) is 38.5 Å². The number of esters is 1. The zero-order chi connectivity index (χ0) is 32.7. The van der Waals surface area contributed by atoms with Gasteiger partial charge in [-0.15, -0.1) is 0 Å². The normalized spacial score (nSPS) is 17.3. The molecule has 2 aliphatic heterocycles. The number of alkyl halides is 3. The fraction of sp³-hybridized carbons (Fsp3) is 0.516. The summed E-state index contributed by atoms with van der Waals surface area (Å²) < 4.78 is 47.1. The van der Waals surface area contributed by atoms with Crippen molar-refractivity contribution in [1.29, 1.82) is 0 Å². The number of aromatic nitrogens is 2. The fourth-order valence-electron chi connectivity index (χ4n) is 5.76. The van der Waals surface area contributed by atoms with Gasteiger partial charge in [-0.05, 0) is 50.0 Å². The Morgan fingerprint density at radius 2 is 1.85 bits per heavy atom. The average Bonchev–Trinajstić information content (AvgIpc) is 3.48. The third-order valence-electron chi connectivity index (χ3n) is 8.20. The number of nitrogens with one attached hydrogen (secondary N) is 3. The van der Waals surface area contributed by atoms with E-state index in [0.29, 0.717) is 65.3 Å². The zero-order valence-corrected chi connectivity index (χ0v) is 25.9. The molecular weight excluding hydrogens is 629 g/mol. The van der Waals surface area contributed by atoms with Crippen LogP contribution in [0.3, 0.4) is 0 Å². The highest BCUT2D eigenvalue weighted by Crippen LogP contribution is 2.34. The first-order valence-corrected chi connectivity index (χ1v) is 15.8. The number of carbonyl (C=O) groups is 3. The lowest BCUT2D eigenvalue weighted by Crippen LogP contribution is -2.44. The van der Waals surface area contributed by atoms with Gasteiger partial charge in [-0.3, -0.25) is 9.59 Å². The molecule has 1 saturated carbocycles. The number of hydrogen-bond donors (Lipinski definition) is 3. The predicted molar refractivity (Wildman–Crippen MR) is 165 cm³/mol. The molecule has 3 aliphatic rings. The molecule has 15 heteroatoms. The van der Waals surface area contributed by atoms with Gasteiger partial charge in [0.1, 0.15) is 29.8 Å². The lowest BCUT2D eigenvalue weighted by molar-refractivity contribution is -0.199. The number of hydrogen-bond acceptors (Lipinski definition) is 9. The average molecular weight is 665 g/mol. The maximum absolute atomic E-state index is 12.8. The van der Waals surface area contributed by atoms with Crippen molar-refractivity contribution in [1.82, 2.24) is 20.2 Å². The number of rotatable bonds is 10. The molecule has 0 atom stereocenters. The number of piperidine rings is 1. The monoisotopic (exact) mass is 664 g/mol. The van der Waals surface area contributed by atoms with Crippen LogP contribution in [-0.2, 0) is 19.1 Å². The standard InChI is InChI=1S/C31H36ClF3N6O5/c32-24-17-21(6-7-25(24)46-22-9-13-41(14-10-22)29(43)19-4-1-2-5-19)40-27-23-16-20(8-12-36-26(23)38-18-39-27)28(42)37-11-3-15-45-30(44)31(33,34)35/h6-7,16-19,22H,1-5,8-15H2,(H,37,42)(H2,36,38,39,40). The maximum Gasteiger partial charge on any atom is 0.490 e. The summed E-state index contributed by atoms with van der Waals surface area (Å²) in [5.74, 6) is -0.741. The van der Waals surface area contributed by atoms with Crippen molar-refractivity contribution >= 4 is 52.8 Å². The molecule has 46 heavy (non-hydrogen) atoms. The number of ether oxygens (including phenoxy) is 2. The van der Waals surface area contributed by atoms with Crippen LogP contribution >= 0.6 is 11.6 Å².